The minimum atomic E-state index is -0.433. The average Bonchev–Trinajstić information content (AvgIpc) is 3.22. The summed E-state index contributed by atoms with van der Waals surface area (Å²) in [7, 11) is 1.34. The Labute approximate surface area is 185 Å². The molecule has 4 aromatic rings. The number of nitrogens with zero attached hydrogens (tertiary/aromatic N) is 1. The van der Waals surface area contributed by atoms with E-state index in [0.717, 1.165) is 33.5 Å². The third kappa shape index (κ3) is 4.62. The monoisotopic (exact) mass is 428 g/mol. The second kappa shape index (κ2) is 8.93. The first-order valence-corrected chi connectivity index (χ1v) is 10.2. The zero-order chi connectivity index (χ0) is 22.7. The number of H-pyrrole nitrogens is 1. The second-order valence-electron chi connectivity index (χ2n) is 7.65. The molecule has 0 aliphatic heterocycles. The number of amides is 1. The minimum absolute atomic E-state index is 0.139. The number of hydrogen-bond donors (Lipinski definition) is 3. The number of rotatable bonds is 6. The number of ether oxygens (including phenoxy) is 1. The van der Waals surface area contributed by atoms with Crippen LogP contribution in [0.5, 0.6) is 0 Å². The number of aromatic amines is 1. The molecule has 0 saturated carbocycles. The number of methoxy groups -OCH3 is 1. The summed E-state index contributed by atoms with van der Waals surface area (Å²) in [6, 6.07) is 17.0. The van der Waals surface area contributed by atoms with Gasteiger partial charge in [-0.1, -0.05) is 23.8 Å². The summed E-state index contributed by atoms with van der Waals surface area (Å²) in [5.41, 5.74) is 6.36. The van der Waals surface area contributed by atoms with Crippen molar-refractivity contribution in [1.82, 2.24) is 9.97 Å². The largest absolute Gasteiger partial charge is 0.464 e. The molecule has 0 saturated heterocycles. The molecule has 0 unspecified atom stereocenters. The fraction of sp³-hybridized carbons (Fsp3) is 0.160. The molecule has 0 bridgehead atoms. The van der Waals surface area contributed by atoms with Crippen LogP contribution in [-0.2, 0) is 11.3 Å². The van der Waals surface area contributed by atoms with Gasteiger partial charge in [0.05, 0.1) is 19.0 Å². The molecule has 0 fully saturated rings. The first-order chi connectivity index (χ1) is 15.4. The Bertz CT molecular complexity index is 1310. The van der Waals surface area contributed by atoms with Crippen LogP contribution in [0.4, 0.5) is 11.4 Å². The number of aryl methyl sites for hydroxylation is 2. The van der Waals surface area contributed by atoms with Gasteiger partial charge < -0.3 is 20.4 Å². The zero-order valence-corrected chi connectivity index (χ0v) is 18.2. The maximum atomic E-state index is 12.6. The van der Waals surface area contributed by atoms with Crippen molar-refractivity contribution in [2.75, 3.05) is 17.7 Å². The van der Waals surface area contributed by atoms with Crippen LogP contribution < -0.4 is 10.6 Å². The van der Waals surface area contributed by atoms with E-state index in [-0.39, 0.29) is 5.91 Å². The molecule has 4 rings (SSSR count). The third-order valence-electron chi connectivity index (χ3n) is 5.25. The van der Waals surface area contributed by atoms with Crippen molar-refractivity contribution in [1.29, 1.82) is 0 Å². The summed E-state index contributed by atoms with van der Waals surface area (Å²) in [5.74, 6) is -0.572. The van der Waals surface area contributed by atoms with E-state index in [1.54, 1.807) is 18.3 Å². The highest BCUT2D eigenvalue weighted by atomic mass is 16.5. The van der Waals surface area contributed by atoms with Crippen LogP contribution in [0.15, 0.2) is 60.8 Å². The SMILES string of the molecule is COC(=O)c1cc2cc(NCc3cc(NC(=O)c4cccc(C)c4)ccc3C)cnc2[nH]1. The zero-order valence-electron chi connectivity index (χ0n) is 18.2. The number of carbonyl (C=O) groups is 2. The lowest BCUT2D eigenvalue weighted by atomic mass is 10.1. The number of hydrogen-bond acceptors (Lipinski definition) is 5. The van der Waals surface area contributed by atoms with Gasteiger partial charge in [0.15, 0.2) is 0 Å². The van der Waals surface area contributed by atoms with Gasteiger partial charge in [-0.05, 0) is 61.4 Å². The van der Waals surface area contributed by atoms with E-state index >= 15 is 0 Å². The molecule has 2 heterocycles. The maximum Gasteiger partial charge on any atom is 0.354 e. The van der Waals surface area contributed by atoms with Crippen molar-refractivity contribution in [3.8, 4) is 0 Å². The predicted octanol–water partition coefficient (Wildman–Crippen LogP) is 4.83. The van der Waals surface area contributed by atoms with E-state index in [1.807, 2.05) is 56.3 Å². The molecular weight excluding hydrogens is 404 g/mol. The van der Waals surface area contributed by atoms with Gasteiger partial charge in [-0.2, -0.15) is 0 Å². The number of esters is 1. The van der Waals surface area contributed by atoms with Crippen molar-refractivity contribution < 1.29 is 14.3 Å². The van der Waals surface area contributed by atoms with Crippen molar-refractivity contribution in [3.05, 3.63) is 88.7 Å². The van der Waals surface area contributed by atoms with Gasteiger partial charge in [0, 0.05) is 23.2 Å². The van der Waals surface area contributed by atoms with Crippen LogP contribution in [0.1, 0.15) is 37.5 Å². The van der Waals surface area contributed by atoms with E-state index in [2.05, 4.69) is 20.6 Å². The number of pyridine rings is 1. The summed E-state index contributed by atoms with van der Waals surface area (Å²) < 4.78 is 4.74. The van der Waals surface area contributed by atoms with E-state index in [9.17, 15) is 9.59 Å². The fourth-order valence-electron chi connectivity index (χ4n) is 3.46. The molecule has 0 aliphatic rings. The van der Waals surface area contributed by atoms with Crippen molar-refractivity contribution >= 4 is 34.3 Å². The minimum Gasteiger partial charge on any atom is -0.464 e. The van der Waals surface area contributed by atoms with Crippen molar-refractivity contribution in [2.45, 2.75) is 20.4 Å². The molecule has 2 aromatic heterocycles. The summed E-state index contributed by atoms with van der Waals surface area (Å²) in [4.78, 5) is 31.6. The highest BCUT2D eigenvalue weighted by Gasteiger charge is 2.11. The van der Waals surface area contributed by atoms with Gasteiger partial charge in [-0.25, -0.2) is 9.78 Å². The molecule has 0 spiro atoms. The Morgan fingerprint density at radius 1 is 1.03 bits per heavy atom. The Kier molecular flexibility index (Phi) is 5.89. The Morgan fingerprint density at radius 2 is 1.88 bits per heavy atom. The van der Waals surface area contributed by atoms with Gasteiger partial charge in [0.1, 0.15) is 11.3 Å². The number of nitrogens with one attached hydrogen (secondary N) is 3. The van der Waals surface area contributed by atoms with Crippen LogP contribution in [0.3, 0.4) is 0 Å². The van der Waals surface area contributed by atoms with E-state index < -0.39 is 5.97 Å². The number of carbonyl (C=O) groups excluding carboxylic acids is 2. The molecule has 0 aliphatic carbocycles. The average molecular weight is 428 g/mol. The third-order valence-corrected chi connectivity index (χ3v) is 5.25. The summed E-state index contributed by atoms with van der Waals surface area (Å²) in [5, 5.41) is 7.14. The maximum absolute atomic E-state index is 12.6. The van der Waals surface area contributed by atoms with E-state index in [1.165, 1.54) is 7.11 Å². The molecule has 0 atom stereocenters. The van der Waals surface area contributed by atoms with Gasteiger partial charge in [-0.3, -0.25) is 4.79 Å². The highest BCUT2D eigenvalue weighted by molar-refractivity contribution is 6.04. The standard InChI is InChI=1S/C25H24N4O3/c1-15-5-4-6-17(9-15)24(30)28-20-8-7-16(2)19(11-20)13-26-21-10-18-12-22(25(31)32-3)29-23(18)27-14-21/h4-12,14,26H,13H2,1-3H3,(H,27,29)(H,28,30). The number of fused-ring (bicyclic) bond motifs is 1. The summed E-state index contributed by atoms with van der Waals surface area (Å²) >= 11 is 0. The second-order valence-corrected chi connectivity index (χ2v) is 7.65. The molecule has 7 nitrogen and oxygen atoms in total. The fourth-order valence-corrected chi connectivity index (χ4v) is 3.46. The van der Waals surface area contributed by atoms with Crippen LogP contribution in [0.2, 0.25) is 0 Å². The van der Waals surface area contributed by atoms with E-state index in [0.29, 0.717) is 23.4 Å². The van der Waals surface area contributed by atoms with Crippen LogP contribution >= 0.6 is 0 Å². The number of anilines is 2. The molecular formula is C25H24N4O3. The smallest absolute Gasteiger partial charge is 0.354 e. The topological polar surface area (TPSA) is 96.1 Å². The first-order valence-electron chi connectivity index (χ1n) is 10.2. The van der Waals surface area contributed by atoms with Gasteiger partial charge >= 0.3 is 5.97 Å². The highest BCUT2D eigenvalue weighted by Crippen LogP contribution is 2.21. The lowest BCUT2D eigenvalue weighted by molar-refractivity contribution is 0.0595. The Balaban J connectivity index is 1.47. The number of aromatic nitrogens is 2. The molecule has 7 heteroatoms. The normalized spacial score (nSPS) is 10.7. The van der Waals surface area contributed by atoms with Crippen molar-refractivity contribution in [3.63, 3.8) is 0 Å². The molecule has 2 aromatic carbocycles. The Hall–Kier alpha value is -4.13. The molecule has 0 radical (unpaired) electrons. The van der Waals surface area contributed by atoms with Crippen molar-refractivity contribution in [2.24, 2.45) is 0 Å². The lowest BCUT2D eigenvalue weighted by Gasteiger charge is -2.12. The lowest BCUT2D eigenvalue weighted by Crippen LogP contribution is -2.12. The van der Waals surface area contributed by atoms with Gasteiger partial charge in [0.25, 0.3) is 5.91 Å². The summed E-state index contributed by atoms with van der Waals surface area (Å²) in [6.45, 7) is 4.54. The Morgan fingerprint density at radius 3 is 2.66 bits per heavy atom. The van der Waals surface area contributed by atoms with Crippen LogP contribution in [0, 0.1) is 13.8 Å². The molecule has 1 amide bonds. The molecule has 162 valence electrons. The first kappa shape index (κ1) is 21.1. The predicted molar refractivity (Wildman–Crippen MR) is 125 cm³/mol. The molecule has 3 N–H and O–H groups in total. The van der Waals surface area contributed by atoms with Crippen LogP contribution in [-0.4, -0.2) is 29.0 Å². The van der Waals surface area contributed by atoms with E-state index in [4.69, 9.17) is 4.74 Å². The van der Waals surface area contributed by atoms with Crippen LogP contribution in [0.25, 0.3) is 11.0 Å². The summed E-state index contributed by atoms with van der Waals surface area (Å²) in [6.07, 6.45) is 1.71. The molecule has 32 heavy (non-hydrogen) atoms. The number of benzene rings is 2. The van der Waals surface area contributed by atoms with Gasteiger partial charge in [-0.15, -0.1) is 0 Å². The quantitative estimate of drug-likeness (QED) is 0.382. The van der Waals surface area contributed by atoms with Gasteiger partial charge in [0.2, 0.25) is 0 Å².